The van der Waals surface area contributed by atoms with Crippen LogP contribution in [0.3, 0.4) is 0 Å². The predicted molar refractivity (Wildman–Crippen MR) is 57.7 cm³/mol. The largest absolute Gasteiger partial charge is 0.464 e. The van der Waals surface area contributed by atoms with E-state index in [4.69, 9.17) is 0 Å². The van der Waals surface area contributed by atoms with E-state index in [9.17, 15) is 14.9 Å². The van der Waals surface area contributed by atoms with Crippen molar-refractivity contribution in [1.82, 2.24) is 9.78 Å². The monoisotopic (exact) mass is 239 g/mol. The Labute approximate surface area is 97.5 Å². The number of ether oxygens (including phenoxy) is 1. The molecule has 0 unspecified atom stereocenters. The standard InChI is InChI=1S/C10H13N3O4/c1-17-10(14)9-8(13(15)16)6-12(11-9)7-4-2-3-5-7/h6-7H,2-5H2,1H3. The van der Waals surface area contributed by atoms with Crippen LogP contribution in [0.4, 0.5) is 5.69 Å². The Morgan fingerprint density at radius 3 is 2.76 bits per heavy atom. The van der Waals surface area contributed by atoms with Gasteiger partial charge < -0.3 is 4.74 Å². The minimum Gasteiger partial charge on any atom is -0.464 e. The molecule has 1 aliphatic carbocycles. The first kappa shape index (κ1) is 11.6. The highest BCUT2D eigenvalue weighted by Gasteiger charge is 2.29. The average Bonchev–Trinajstić information content (AvgIpc) is 2.95. The van der Waals surface area contributed by atoms with E-state index in [1.165, 1.54) is 18.0 Å². The van der Waals surface area contributed by atoms with Gasteiger partial charge >= 0.3 is 11.7 Å². The zero-order valence-electron chi connectivity index (χ0n) is 9.46. The van der Waals surface area contributed by atoms with Gasteiger partial charge in [-0.15, -0.1) is 0 Å². The Balaban J connectivity index is 2.36. The normalized spacial score (nSPS) is 16.1. The third-order valence-electron chi connectivity index (χ3n) is 2.99. The highest BCUT2D eigenvalue weighted by atomic mass is 16.6. The summed E-state index contributed by atoms with van der Waals surface area (Å²) in [6.07, 6.45) is 5.39. The van der Waals surface area contributed by atoms with Crippen LogP contribution < -0.4 is 0 Å². The van der Waals surface area contributed by atoms with Gasteiger partial charge in [-0.1, -0.05) is 12.8 Å². The SMILES string of the molecule is COC(=O)c1nn(C2CCCC2)cc1[N+](=O)[O-]. The first-order valence-corrected chi connectivity index (χ1v) is 5.45. The molecule has 1 aromatic rings. The maximum absolute atomic E-state index is 11.4. The van der Waals surface area contributed by atoms with Gasteiger partial charge in [0.15, 0.2) is 0 Å². The zero-order chi connectivity index (χ0) is 12.4. The Hall–Kier alpha value is -1.92. The van der Waals surface area contributed by atoms with Crippen molar-refractivity contribution in [3.8, 4) is 0 Å². The topological polar surface area (TPSA) is 87.3 Å². The van der Waals surface area contributed by atoms with Crippen LogP contribution in [0.15, 0.2) is 6.20 Å². The van der Waals surface area contributed by atoms with Crippen molar-refractivity contribution in [2.24, 2.45) is 0 Å². The second-order valence-corrected chi connectivity index (χ2v) is 4.03. The number of hydrogen-bond donors (Lipinski definition) is 0. The van der Waals surface area contributed by atoms with Crippen molar-refractivity contribution in [3.05, 3.63) is 22.0 Å². The van der Waals surface area contributed by atoms with Gasteiger partial charge in [0.2, 0.25) is 5.69 Å². The van der Waals surface area contributed by atoms with E-state index in [2.05, 4.69) is 9.84 Å². The summed E-state index contributed by atoms with van der Waals surface area (Å²) in [5.41, 5.74) is -0.506. The van der Waals surface area contributed by atoms with E-state index in [1.54, 1.807) is 0 Å². The molecule has 2 rings (SSSR count). The summed E-state index contributed by atoms with van der Waals surface area (Å²) < 4.78 is 6.01. The zero-order valence-corrected chi connectivity index (χ0v) is 9.46. The quantitative estimate of drug-likeness (QED) is 0.455. The molecule has 7 nitrogen and oxygen atoms in total. The van der Waals surface area contributed by atoms with Crippen LogP contribution >= 0.6 is 0 Å². The minimum absolute atomic E-state index is 0.159. The van der Waals surface area contributed by atoms with Crippen LogP contribution in [0.5, 0.6) is 0 Å². The molecular weight excluding hydrogens is 226 g/mol. The molecule has 17 heavy (non-hydrogen) atoms. The molecule has 0 radical (unpaired) electrons. The maximum atomic E-state index is 11.4. The molecule has 1 heterocycles. The molecule has 1 aromatic heterocycles. The second-order valence-electron chi connectivity index (χ2n) is 4.03. The molecule has 0 saturated heterocycles. The lowest BCUT2D eigenvalue weighted by Crippen LogP contribution is -2.09. The van der Waals surface area contributed by atoms with E-state index in [1.807, 2.05) is 0 Å². The fraction of sp³-hybridized carbons (Fsp3) is 0.600. The number of nitro groups is 1. The number of aromatic nitrogens is 2. The third kappa shape index (κ3) is 2.13. The van der Waals surface area contributed by atoms with Gasteiger partial charge in [-0.3, -0.25) is 14.8 Å². The summed E-state index contributed by atoms with van der Waals surface area (Å²) in [6, 6.07) is 0.159. The molecule has 7 heteroatoms. The molecule has 1 fully saturated rings. The second kappa shape index (κ2) is 4.52. The van der Waals surface area contributed by atoms with Crippen LogP contribution in [-0.2, 0) is 4.74 Å². The van der Waals surface area contributed by atoms with Crippen molar-refractivity contribution >= 4 is 11.7 Å². The summed E-state index contributed by atoms with van der Waals surface area (Å²) in [5.74, 6) is -0.770. The molecule has 1 aliphatic rings. The summed E-state index contributed by atoms with van der Waals surface area (Å²) in [5, 5.41) is 14.8. The lowest BCUT2D eigenvalue weighted by atomic mass is 10.3. The highest BCUT2D eigenvalue weighted by Crippen LogP contribution is 2.31. The fourth-order valence-corrected chi connectivity index (χ4v) is 2.11. The molecule has 0 aliphatic heterocycles. The summed E-state index contributed by atoms with van der Waals surface area (Å²) in [4.78, 5) is 21.6. The molecule has 0 spiro atoms. The van der Waals surface area contributed by atoms with Crippen molar-refractivity contribution < 1.29 is 14.5 Å². The number of carbonyl (C=O) groups is 1. The van der Waals surface area contributed by atoms with Crippen molar-refractivity contribution in [3.63, 3.8) is 0 Å². The molecular formula is C10H13N3O4. The van der Waals surface area contributed by atoms with Gasteiger partial charge in [0, 0.05) is 0 Å². The predicted octanol–water partition coefficient (Wildman–Crippen LogP) is 1.69. The van der Waals surface area contributed by atoms with Crippen LogP contribution in [-0.4, -0.2) is 27.8 Å². The highest BCUT2D eigenvalue weighted by molar-refractivity contribution is 5.91. The molecule has 0 amide bonds. The van der Waals surface area contributed by atoms with Crippen LogP contribution in [0.2, 0.25) is 0 Å². The van der Waals surface area contributed by atoms with Crippen molar-refractivity contribution in [1.29, 1.82) is 0 Å². The van der Waals surface area contributed by atoms with Gasteiger partial charge in [-0.2, -0.15) is 5.10 Å². The third-order valence-corrected chi connectivity index (χ3v) is 2.99. The van der Waals surface area contributed by atoms with Crippen molar-refractivity contribution in [2.45, 2.75) is 31.7 Å². The number of hydrogen-bond acceptors (Lipinski definition) is 5. The molecule has 1 saturated carbocycles. The van der Waals surface area contributed by atoms with Crippen LogP contribution in [0, 0.1) is 10.1 Å². The minimum atomic E-state index is -0.770. The molecule has 0 N–H and O–H groups in total. The van der Waals surface area contributed by atoms with Gasteiger partial charge in [-0.05, 0) is 12.8 Å². The number of rotatable bonds is 3. The number of methoxy groups -OCH3 is 1. The molecule has 0 bridgehead atoms. The van der Waals surface area contributed by atoms with Gasteiger partial charge in [0.25, 0.3) is 0 Å². The Bertz CT molecular complexity index is 448. The maximum Gasteiger partial charge on any atom is 0.365 e. The van der Waals surface area contributed by atoms with E-state index in [0.717, 1.165) is 25.7 Å². The lowest BCUT2D eigenvalue weighted by Gasteiger charge is -2.07. The fourth-order valence-electron chi connectivity index (χ4n) is 2.11. The average molecular weight is 239 g/mol. The Kier molecular flexibility index (Phi) is 3.08. The van der Waals surface area contributed by atoms with E-state index in [-0.39, 0.29) is 17.4 Å². The first-order chi connectivity index (χ1) is 8.13. The van der Waals surface area contributed by atoms with E-state index < -0.39 is 10.9 Å². The molecule has 0 atom stereocenters. The van der Waals surface area contributed by atoms with Gasteiger partial charge in [-0.25, -0.2) is 4.79 Å². The summed E-state index contributed by atoms with van der Waals surface area (Å²) >= 11 is 0. The van der Waals surface area contributed by atoms with Crippen LogP contribution in [0.1, 0.15) is 42.2 Å². The Morgan fingerprint density at radius 1 is 1.59 bits per heavy atom. The number of carbonyl (C=O) groups excluding carboxylic acids is 1. The number of nitrogens with zero attached hydrogens (tertiary/aromatic N) is 3. The van der Waals surface area contributed by atoms with Crippen molar-refractivity contribution in [2.75, 3.05) is 7.11 Å². The summed E-state index contributed by atoms with van der Waals surface area (Å²) in [7, 11) is 1.18. The Morgan fingerprint density at radius 2 is 2.24 bits per heavy atom. The van der Waals surface area contributed by atoms with Gasteiger partial charge in [0.05, 0.1) is 18.1 Å². The van der Waals surface area contributed by atoms with E-state index in [0.29, 0.717) is 0 Å². The van der Waals surface area contributed by atoms with E-state index >= 15 is 0 Å². The smallest absolute Gasteiger partial charge is 0.365 e. The molecule has 92 valence electrons. The summed E-state index contributed by atoms with van der Waals surface area (Å²) in [6.45, 7) is 0. The van der Waals surface area contributed by atoms with Gasteiger partial charge in [0.1, 0.15) is 6.20 Å². The number of esters is 1. The molecule has 0 aromatic carbocycles. The first-order valence-electron chi connectivity index (χ1n) is 5.45. The van der Waals surface area contributed by atoms with Crippen LogP contribution in [0.25, 0.3) is 0 Å². The lowest BCUT2D eigenvalue weighted by molar-refractivity contribution is -0.385.